The molecule has 3 aromatic carbocycles. The van der Waals surface area contributed by atoms with Gasteiger partial charge in [0.1, 0.15) is 0 Å². The van der Waals surface area contributed by atoms with Crippen LogP contribution < -0.4 is 5.32 Å². The zero-order valence-electron chi connectivity index (χ0n) is 21.9. The molecule has 1 amide bonds. The SMILES string of the molecule is C[C@H](NC(=O)C(C)(C)OC(=O)c1ccccc1C(F)(F)C(F)F)[C@@H](Cc1ccc(Cl)cc1)c1cccc(C#N)c1. The monoisotopic (exact) mass is 574 g/mol. The average Bonchev–Trinajstić information content (AvgIpc) is 2.92. The summed E-state index contributed by atoms with van der Waals surface area (Å²) in [6.07, 6.45) is -3.58. The molecule has 0 heterocycles. The number of amides is 1. The van der Waals surface area contributed by atoms with E-state index in [1.165, 1.54) is 19.9 Å². The van der Waals surface area contributed by atoms with Crippen molar-refractivity contribution in [1.29, 1.82) is 5.26 Å². The molecule has 3 aromatic rings. The van der Waals surface area contributed by atoms with Crippen LogP contribution in [0.3, 0.4) is 0 Å². The number of carbonyl (C=O) groups excluding carboxylic acids is 2. The van der Waals surface area contributed by atoms with Crippen molar-refractivity contribution >= 4 is 23.5 Å². The number of alkyl halides is 4. The van der Waals surface area contributed by atoms with Gasteiger partial charge in [-0.05, 0) is 68.7 Å². The number of nitrogens with one attached hydrogen (secondary N) is 1. The largest absolute Gasteiger partial charge is 0.446 e. The first kappa shape index (κ1) is 30.6. The highest BCUT2D eigenvalue weighted by molar-refractivity contribution is 6.30. The van der Waals surface area contributed by atoms with Gasteiger partial charge in [-0.3, -0.25) is 4.79 Å². The van der Waals surface area contributed by atoms with Crippen LogP contribution in [0.2, 0.25) is 5.02 Å². The molecule has 0 saturated heterocycles. The Morgan fingerprint density at radius 2 is 1.68 bits per heavy atom. The number of ether oxygens (including phenoxy) is 1. The van der Waals surface area contributed by atoms with Crippen LogP contribution >= 0.6 is 11.6 Å². The third kappa shape index (κ3) is 7.19. The second kappa shape index (κ2) is 12.5. The van der Waals surface area contributed by atoms with Gasteiger partial charge >= 0.3 is 18.3 Å². The lowest BCUT2D eigenvalue weighted by molar-refractivity contribution is -0.139. The van der Waals surface area contributed by atoms with Gasteiger partial charge in [-0.2, -0.15) is 14.0 Å². The summed E-state index contributed by atoms with van der Waals surface area (Å²) in [5.41, 5.74) is -1.68. The summed E-state index contributed by atoms with van der Waals surface area (Å²) >= 11 is 6.01. The highest BCUT2D eigenvalue weighted by Gasteiger charge is 2.46. The Hall–Kier alpha value is -3.90. The molecule has 0 aliphatic rings. The summed E-state index contributed by atoms with van der Waals surface area (Å²) < 4.78 is 59.5. The molecule has 0 aromatic heterocycles. The van der Waals surface area contributed by atoms with Crippen molar-refractivity contribution < 1.29 is 31.9 Å². The minimum Gasteiger partial charge on any atom is -0.446 e. The second-order valence-corrected chi connectivity index (χ2v) is 10.2. The van der Waals surface area contributed by atoms with Gasteiger partial charge in [0.15, 0.2) is 5.60 Å². The van der Waals surface area contributed by atoms with Crippen LogP contribution in [0.25, 0.3) is 0 Å². The Bertz CT molecular complexity index is 1400. The number of carbonyl (C=O) groups is 2. The van der Waals surface area contributed by atoms with Gasteiger partial charge < -0.3 is 10.1 Å². The third-order valence-corrected chi connectivity index (χ3v) is 6.70. The molecule has 0 saturated carbocycles. The van der Waals surface area contributed by atoms with Crippen LogP contribution in [0.1, 0.15) is 59.3 Å². The van der Waals surface area contributed by atoms with E-state index in [1.54, 1.807) is 37.3 Å². The first-order chi connectivity index (χ1) is 18.8. The Kier molecular flexibility index (Phi) is 9.59. The lowest BCUT2D eigenvalue weighted by Crippen LogP contribution is -2.50. The van der Waals surface area contributed by atoms with Crippen molar-refractivity contribution in [2.24, 2.45) is 0 Å². The topological polar surface area (TPSA) is 79.2 Å². The number of rotatable bonds is 10. The summed E-state index contributed by atoms with van der Waals surface area (Å²) in [6.45, 7) is 4.28. The smallest absolute Gasteiger partial charge is 0.339 e. The van der Waals surface area contributed by atoms with Crippen molar-refractivity contribution in [3.8, 4) is 6.07 Å². The van der Waals surface area contributed by atoms with Crippen molar-refractivity contribution in [3.05, 3.63) is 106 Å². The number of nitrogens with zero attached hydrogens (tertiary/aromatic N) is 1. The van der Waals surface area contributed by atoms with E-state index in [-0.39, 0.29) is 5.92 Å². The molecule has 40 heavy (non-hydrogen) atoms. The van der Waals surface area contributed by atoms with Crippen molar-refractivity contribution in [1.82, 2.24) is 5.32 Å². The van der Waals surface area contributed by atoms with E-state index < -0.39 is 47.0 Å². The van der Waals surface area contributed by atoms with Gasteiger partial charge in [-0.1, -0.05) is 54.1 Å². The normalized spacial score (nSPS) is 13.3. The van der Waals surface area contributed by atoms with Gasteiger partial charge in [0.2, 0.25) is 0 Å². The lowest BCUT2D eigenvalue weighted by Gasteiger charge is -2.31. The number of esters is 1. The van der Waals surface area contributed by atoms with Crippen LogP contribution in [0, 0.1) is 11.3 Å². The molecule has 2 atom stereocenters. The molecule has 0 bridgehead atoms. The first-order valence-electron chi connectivity index (χ1n) is 12.3. The van der Waals surface area contributed by atoms with E-state index in [0.717, 1.165) is 23.3 Å². The molecule has 3 rings (SSSR count). The van der Waals surface area contributed by atoms with E-state index in [1.807, 2.05) is 18.2 Å². The molecule has 0 fully saturated rings. The third-order valence-electron chi connectivity index (χ3n) is 6.45. The van der Waals surface area contributed by atoms with Crippen LogP contribution in [0.15, 0.2) is 72.8 Å². The predicted molar refractivity (Wildman–Crippen MR) is 142 cm³/mol. The summed E-state index contributed by atoms with van der Waals surface area (Å²) in [4.78, 5) is 26.1. The fourth-order valence-electron chi connectivity index (χ4n) is 4.18. The quantitative estimate of drug-likeness (QED) is 0.208. The summed E-state index contributed by atoms with van der Waals surface area (Å²) in [5.74, 6) is -6.99. The Balaban J connectivity index is 1.83. The minimum absolute atomic E-state index is 0.324. The van der Waals surface area contributed by atoms with Gasteiger partial charge in [-0.25, -0.2) is 13.6 Å². The number of benzene rings is 3. The maximum atomic E-state index is 14.1. The molecule has 0 spiro atoms. The molecule has 5 nitrogen and oxygen atoms in total. The zero-order valence-corrected chi connectivity index (χ0v) is 22.7. The fraction of sp³-hybridized carbons (Fsp3) is 0.300. The number of hydrogen-bond donors (Lipinski definition) is 1. The maximum Gasteiger partial charge on any atom is 0.339 e. The van der Waals surface area contributed by atoms with E-state index >= 15 is 0 Å². The average molecular weight is 575 g/mol. The number of halogens is 5. The zero-order chi connectivity index (χ0) is 29.7. The molecule has 0 radical (unpaired) electrons. The Morgan fingerprint density at radius 3 is 2.30 bits per heavy atom. The first-order valence-corrected chi connectivity index (χ1v) is 12.7. The van der Waals surface area contributed by atoms with Crippen LogP contribution in [-0.2, 0) is 21.9 Å². The summed E-state index contributed by atoms with van der Waals surface area (Å²) in [6, 6.07) is 19.6. The summed E-state index contributed by atoms with van der Waals surface area (Å²) in [5, 5.41) is 12.7. The standard InChI is InChI=1S/C30H27ClF4N2O3/c1-18(24(16-19-11-13-22(31)14-12-19)21-8-6-7-20(15-21)17-36)37-28(39)29(2,3)40-26(38)23-9-4-5-10-25(23)30(34,35)27(32)33/h4-15,18,24,27H,16H2,1-3H3,(H,37,39)/t18-,24+/m0/s1. The molecular weight excluding hydrogens is 548 g/mol. The Morgan fingerprint density at radius 1 is 1.02 bits per heavy atom. The highest BCUT2D eigenvalue weighted by atomic mass is 35.5. The van der Waals surface area contributed by atoms with Crippen LogP contribution in [0.4, 0.5) is 17.6 Å². The summed E-state index contributed by atoms with van der Waals surface area (Å²) in [7, 11) is 0. The van der Waals surface area contributed by atoms with Gasteiger partial charge in [0.25, 0.3) is 5.91 Å². The van der Waals surface area contributed by atoms with E-state index in [4.69, 9.17) is 16.3 Å². The minimum atomic E-state index is -4.59. The van der Waals surface area contributed by atoms with E-state index in [2.05, 4.69) is 11.4 Å². The number of nitriles is 1. The molecular formula is C30H27ClF4N2O3. The second-order valence-electron chi connectivity index (χ2n) is 9.81. The highest BCUT2D eigenvalue weighted by Crippen LogP contribution is 2.37. The Labute approximate surface area is 234 Å². The van der Waals surface area contributed by atoms with Gasteiger partial charge in [0.05, 0.1) is 17.2 Å². The van der Waals surface area contributed by atoms with Crippen LogP contribution in [0.5, 0.6) is 0 Å². The molecule has 10 heteroatoms. The fourth-order valence-corrected chi connectivity index (χ4v) is 4.31. The van der Waals surface area contributed by atoms with E-state index in [0.29, 0.717) is 23.1 Å². The van der Waals surface area contributed by atoms with Crippen molar-refractivity contribution in [3.63, 3.8) is 0 Å². The maximum absolute atomic E-state index is 14.1. The van der Waals surface area contributed by atoms with Crippen LogP contribution in [-0.4, -0.2) is 29.9 Å². The van der Waals surface area contributed by atoms with Gasteiger partial charge in [-0.15, -0.1) is 0 Å². The van der Waals surface area contributed by atoms with Gasteiger partial charge in [0, 0.05) is 22.5 Å². The molecule has 1 N–H and O–H groups in total. The number of hydrogen-bond acceptors (Lipinski definition) is 4. The van der Waals surface area contributed by atoms with E-state index in [9.17, 15) is 32.4 Å². The molecule has 210 valence electrons. The molecule has 0 aliphatic heterocycles. The van der Waals surface area contributed by atoms with Crippen molar-refractivity contribution in [2.45, 2.75) is 57.1 Å². The predicted octanol–water partition coefficient (Wildman–Crippen LogP) is 7.04. The lowest BCUT2D eigenvalue weighted by atomic mass is 9.85. The molecule has 0 unspecified atom stereocenters. The van der Waals surface area contributed by atoms with Crippen molar-refractivity contribution in [2.75, 3.05) is 0 Å². The molecule has 0 aliphatic carbocycles.